The molecule has 0 radical (unpaired) electrons. The molecule has 0 aliphatic rings. The topological polar surface area (TPSA) is 62.5 Å². The molecule has 0 saturated carbocycles. The highest BCUT2D eigenvalue weighted by molar-refractivity contribution is 5.70. The zero-order valence-corrected chi connectivity index (χ0v) is 7.79. The first-order valence-electron chi connectivity index (χ1n) is 4.39. The van der Waals surface area contributed by atoms with Gasteiger partial charge in [-0.2, -0.15) is 0 Å². The van der Waals surface area contributed by atoms with E-state index in [0.717, 1.165) is 0 Å². The Balaban J connectivity index is 2.57. The largest absolute Gasteiger partial charge is 0.507 e. The maximum atomic E-state index is 10.3. The Labute approximate surface area is 86.2 Å². The third-order valence-corrected chi connectivity index (χ3v) is 2.03. The minimum atomic E-state index is 0.0844. The van der Waals surface area contributed by atoms with Gasteiger partial charge in [0.2, 0.25) is 0 Å². The van der Waals surface area contributed by atoms with Crippen molar-refractivity contribution in [3.8, 4) is 17.0 Å². The van der Waals surface area contributed by atoms with Crippen LogP contribution in [-0.4, -0.2) is 10.1 Å². The van der Waals surface area contributed by atoms with Crippen molar-refractivity contribution in [2.45, 2.75) is 0 Å². The highest BCUT2D eigenvalue weighted by Gasteiger charge is 2.06. The Morgan fingerprint density at radius 1 is 1.20 bits per heavy atom. The summed E-state index contributed by atoms with van der Waals surface area (Å²) >= 11 is 0. The van der Waals surface area contributed by atoms with Gasteiger partial charge in [-0.25, -0.2) is 0 Å². The number of hydrogen-bond donors (Lipinski definition) is 1. The Morgan fingerprint density at radius 2 is 2.07 bits per heavy atom. The van der Waals surface area contributed by atoms with E-state index in [4.69, 9.17) is 0 Å². The van der Waals surface area contributed by atoms with Crippen LogP contribution in [0.5, 0.6) is 5.75 Å². The van der Waals surface area contributed by atoms with Crippen LogP contribution in [0.2, 0.25) is 0 Å². The first-order chi connectivity index (χ1) is 7.31. The summed E-state index contributed by atoms with van der Waals surface area (Å²) in [6.07, 6.45) is 1.62. The van der Waals surface area contributed by atoms with E-state index in [1.807, 2.05) is 6.07 Å². The van der Waals surface area contributed by atoms with Gasteiger partial charge in [0.05, 0.1) is 5.69 Å². The van der Waals surface area contributed by atoms with Crippen LogP contribution < -0.4 is 0 Å². The monoisotopic (exact) mass is 200 g/mol. The molecule has 0 fully saturated rings. The molecule has 0 aliphatic carbocycles. The number of aromatic hydroxyl groups is 1. The fraction of sp³-hybridized carbons (Fsp3) is 0. The number of aromatic nitrogens is 1. The molecule has 2 rings (SSSR count). The standard InChI is InChI=1S/C11H8N2O2/c14-11-5-4-8(13-15)7-9(11)10-3-1-2-6-12-10/h1-7,14H. The minimum Gasteiger partial charge on any atom is -0.507 e. The van der Waals surface area contributed by atoms with Gasteiger partial charge in [-0.05, 0) is 35.5 Å². The summed E-state index contributed by atoms with van der Waals surface area (Å²) in [4.78, 5) is 14.4. The highest BCUT2D eigenvalue weighted by atomic mass is 16.3. The molecule has 15 heavy (non-hydrogen) atoms. The molecule has 1 aromatic heterocycles. The smallest absolute Gasteiger partial charge is 0.125 e. The van der Waals surface area contributed by atoms with E-state index in [1.54, 1.807) is 18.3 Å². The number of nitroso groups, excluding NO2 is 1. The molecule has 0 atom stereocenters. The van der Waals surface area contributed by atoms with Crippen molar-refractivity contribution in [1.82, 2.24) is 4.98 Å². The summed E-state index contributed by atoms with van der Waals surface area (Å²) in [6, 6.07) is 9.73. The van der Waals surface area contributed by atoms with Gasteiger partial charge in [-0.15, -0.1) is 4.91 Å². The number of hydrogen-bond acceptors (Lipinski definition) is 4. The SMILES string of the molecule is O=Nc1ccc(O)c(-c2ccccn2)c1. The molecule has 4 heteroatoms. The molecule has 0 amide bonds. The molecule has 0 unspecified atom stereocenters. The lowest BCUT2D eigenvalue weighted by atomic mass is 10.1. The van der Waals surface area contributed by atoms with Crippen molar-refractivity contribution in [2.75, 3.05) is 0 Å². The quantitative estimate of drug-likeness (QED) is 0.758. The number of nitrogens with zero attached hydrogens (tertiary/aromatic N) is 2. The maximum absolute atomic E-state index is 10.3. The molecule has 2 aromatic rings. The number of pyridine rings is 1. The van der Waals surface area contributed by atoms with Crippen LogP contribution in [0.4, 0.5) is 5.69 Å². The van der Waals surface area contributed by atoms with Crippen molar-refractivity contribution in [2.24, 2.45) is 5.18 Å². The number of rotatable bonds is 2. The molecular formula is C11H8N2O2. The van der Waals surface area contributed by atoms with E-state index in [9.17, 15) is 10.0 Å². The second-order valence-corrected chi connectivity index (χ2v) is 3.01. The van der Waals surface area contributed by atoms with Crippen LogP contribution in [0.25, 0.3) is 11.3 Å². The normalized spacial score (nSPS) is 9.87. The Hall–Kier alpha value is -2.23. The first kappa shape index (κ1) is 9.33. The number of benzene rings is 1. The van der Waals surface area contributed by atoms with Crippen molar-refractivity contribution in [1.29, 1.82) is 0 Å². The molecule has 0 spiro atoms. The van der Waals surface area contributed by atoms with Crippen LogP contribution in [-0.2, 0) is 0 Å². The van der Waals surface area contributed by atoms with E-state index >= 15 is 0 Å². The predicted octanol–water partition coefficient (Wildman–Crippen LogP) is 2.85. The summed E-state index contributed by atoms with van der Waals surface area (Å²) in [6.45, 7) is 0. The zero-order chi connectivity index (χ0) is 10.7. The highest BCUT2D eigenvalue weighted by Crippen LogP contribution is 2.30. The van der Waals surface area contributed by atoms with E-state index in [1.165, 1.54) is 18.2 Å². The fourth-order valence-electron chi connectivity index (χ4n) is 1.31. The third-order valence-electron chi connectivity index (χ3n) is 2.03. The average molecular weight is 200 g/mol. The second kappa shape index (κ2) is 3.88. The van der Waals surface area contributed by atoms with Crippen LogP contribution in [0.1, 0.15) is 0 Å². The van der Waals surface area contributed by atoms with Gasteiger partial charge >= 0.3 is 0 Å². The lowest BCUT2D eigenvalue weighted by Crippen LogP contribution is -1.82. The van der Waals surface area contributed by atoms with Crippen molar-refractivity contribution >= 4 is 5.69 Å². The number of phenols is 1. The van der Waals surface area contributed by atoms with Gasteiger partial charge < -0.3 is 5.11 Å². The van der Waals surface area contributed by atoms with Gasteiger partial charge in [0.1, 0.15) is 11.4 Å². The van der Waals surface area contributed by atoms with Crippen LogP contribution in [0, 0.1) is 4.91 Å². The molecule has 0 aliphatic heterocycles. The summed E-state index contributed by atoms with van der Waals surface area (Å²) in [5.74, 6) is 0.0844. The van der Waals surface area contributed by atoms with E-state index in [0.29, 0.717) is 11.3 Å². The van der Waals surface area contributed by atoms with Crippen LogP contribution in [0.3, 0.4) is 0 Å². The molecule has 0 bridgehead atoms. The Bertz CT molecular complexity index is 483. The molecule has 1 aromatic carbocycles. The molecule has 1 heterocycles. The zero-order valence-electron chi connectivity index (χ0n) is 7.79. The summed E-state index contributed by atoms with van der Waals surface area (Å²) < 4.78 is 0. The molecule has 4 nitrogen and oxygen atoms in total. The third kappa shape index (κ3) is 1.83. The summed E-state index contributed by atoms with van der Waals surface area (Å²) in [7, 11) is 0. The predicted molar refractivity (Wildman–Crippen MR) is 56.8 cm³/mol. The Kier molecular flexibility index (Phi) is 2.41. The van der Waals surface area contributed by atoms with Gasteiger partial charge in [0.25, 0.3) is 0 Å². The van der Waals surface area contributed by atoms with E-state index in [-0.39, 0.29) is 11.4 Å². The van der Waals surface area contributed by atoms with Crippen LogP contribution >= 0.6 is 0 Å². The van der Waals surface area contributed by atoms with Crippen molar-refractivity contribution in [3.05, 3.63) is 47.5 Å². The summed E-state index contributed by atoms with van der Waals surface area (Å²) in [5, 5.41) is 12.4. The maximum Gasteiger partial charge on any atom is 0.125 e. The van der Waals surface area contributed by atoms with Gasteiger partial charge in [0.15, 0.2) is 0 Å². The van der Waals surface area contributed by atoms with E-state index in [2.05, 4.69) is 10.2 Å². The van der Waals surface area contributed by atoms with Crippen LogP contribution in [0.15, 0.2) is 47.8 Å². The second-order valence-electron chi connectivity index (χ2n) is 3.01. The number of phenolic OH excluding ortho intramolecular Hbond substituents is 1. The molecule has 0 saturated heterocycles. The van der Waals surface area contributed by atoms with Gasteiger partial charge in [0, 0.05) is 11.8 Å². The van der Waals surface area contributed by atoms with Gasteiger partial charge in [-0.3, -0.25) is 4.98 Å². The summed E-state index contributed by atoms with van der Waals surface area (Å²) in [5.41, 5.74) is 1.39. The fourth-order valence-corrected chi connectivity index (χ4v) is 1.31. The minimum absolute atomic E-state index is 0.0844. The van der Waals surface area contributed by atoms with Crippen molar-refractivity contribution in [3.63, 3.8) is 0 Å². The Morgan fingerprint density at radius 3 is 2.73 bits per heavy atom. The lowest BCUT2D eigenvalue weighted by Gasteiger charge is -2.03. The van der Waals surface area contributed by atoms with E-state index < -0.39 is 0 Å². The average Bonchev–Trinajstić information content (AvgIpc) is 2.31. The van der Waals surface area contributed by atoms with Crippen molar-refractivity contribution < 1.29 is 5.11 Å². The van der Waals surface area contributed by atoms with Gasteiger partial charge in [-0.1, -0.05) is 6.07 Å². The molecule has 1 N–H and O–H groups in total. The molecule has 74 valence electrons. The lowest BCUT2D eigenvalue weighted by molar-refractivity contribution is 0.477. The first-order valence-corrected chi connectivity index (χ1v) is 4.39. The molecular weight excluding hydrogens is 192 g/mol.